The first kappa shape index (κ1) is 13.4. The van der Waals surface area contributed by atoms with Crippen molar-refractivity contribution in [3.8, 4) is 5.75 Å². The van der Waals surface area contributed by atoms with Crippen LogP contribution < -0.4 is 10.5 Å². The van der Waals surface area contributed by atoms with Crippen LogP contribution in [0.4, 0.5) is 0 Å². The Balaban J connectivity index is 1.75. The molecule has 0 amide bonds. The monoisotopic (exact) mass is 323 g/mol. The molecule has 2 aliphatic rings. The van der Waals surface area contributed by atoms with Gasteiger partial charge in [0.05, 0.1) is 0 Å². The van der Waals surface area contributed by atoms with Crippen LogP contribution in [0.3, 0.4) is 0 Å². The Morgan fingerprint density at radius 2 is 1.95 bits per heavy atom. The lowest BCUT2D eigenvalue weighted by Crippen LogP contribution is -2.36. The highest BCUT2D eigenvalue weighted by atomic mass is 79.9. The molecule has 1 aliphatic carbocycles. The van der Waals surface area contributed by atoms with Crippen molar-refractivity contribution in [2.24, 2.45) is 17.6 Å². The number of hydrogen-bond acceptors (Lipinski definition) is 2. The van der Waals surface area contributed by atoms with Crippen LogP contribution in [0.15, 0.2) is 22.7 Å². The SMILES string of the molecule is CC1CCC(C2C[C@@H](N)c3cc(Br)ccc3O2)CC1. The van der Waals surface area contributed by atoms with Crippen LogP contribution in [-0.4, -0.2) is 6.10 Å². The van der Waals surface area contributed by atoms with E-state index in [0.717, 1.165) is 28.1 Å². The third-order valence-electron chi connectivity index (χ3n) is 4.72. The zero-order chi connectivity index (χ0) is 13.4. The zero-order valence-electron chi connectivity index (χ0n) is 11.4. The number of fused-ring (bicyclic) bond motifs is 1. The fraction of sp³-hybridized carbons (Fsp3) is 0.625. The molecule has 1 aromatic carbocycles. The van der Waals surface area contributed by atoms with Crippen LogP contribution in [0.5, 0.6) is 5.75 Å². The molecule has 1 fully saturated rings. The lowest BCUT2D eigenvalue weighted by molar-refractivity contribution is 0.0703. The van der Waals surface area contributed by atoms with Gasteiger partial charge in [0.2, 0.25) is 0 Å². The largest absolute Gasteiger partial charge is 0.490 e. The maximum absolute atomic E-state index is 6.34. The van der Waals surface area contributed by atoms with Crippen molar-refractivity contribution in [1.82, 2.24) is 0 Å². The van der Waals surface area contributed by atoms with Crippen LogP contribution in [0.1, 0.15) is 50.6 Å². The van der Waals surface area contributed by atoms with Gasteiger partial charge in [-0.2, -0.15) is 0 Å². The summed E-state index contributed by atoms with van der Waals surface area (Å²) in [6.45, 7) is 2.36. The van der Waals surface area contributed by atoms with Gasteiger partial charge in [0.1, 0.15) is 11.9 Å². The van der Waals surface area contributed by atoms with Gasteiger partial charge >= 0.3 is 0 Å². The molecule has 1 heterocycles. The molecule has 0 spiro atoms. The van der Waals surface area contributed by atoms with E-state index in [9.17, 15) is 0 Å². The number of benzene rings is 1. The molecule has 3 heteroatoms. The van der Waals surface area contributed by atoms with Gasteiger partial charge in [-0.3, -0.25) is 0 Å². The summed E-state index contributed by atoms with van der Waals surface area (Å²) >= 11 is 3.51. The van der Waals surface area contributed by atoms with Crippen molar-refractivity contribution in [2.45, 2.75) is 51.2 Å². The highest BCUT2D eigenvalue weighted by molar-refractivity contribution is 9.10. The zero-order valence-corrected chi connectivity index (χ0v) is 13.0. The maximum Gasteiger partial charge on any atom is 0.124 e. The lowest BCUT2D eigenvalue weighted by atomic mass is 9.77. The minimum Gasteiger partial charge on any atom is -0.490 e. The summed E-state index contributed by atoms with van der Waals surface area (Å²) in [6, 6.07) is 6.30. The van der Waals surface area contributed by atoms with E-state index in [-0.39, 0.29) is 6.04 Å². The number of ether oxygens (including phenoxy) is 1. The molecule has 2 N–H and O–H groups in total. The molecule has 0 bridgehead atoms. The summed E-state index contributed by atoms with van der Waals surface area (Å²) < 4.78 is 7.31. The molecule has 3 rings (SSSR count). The standard InChI is InChI=1S/C16H22BrNO/c1-10-2-4-11(5-3-10)16-9-14(18)13-8-12(17)6-7-15(13)19-16/h6-8,10-11,14,16H,2-5,9,18H2,1H3/t10?,11?,14-,16?/m1/s1. The third kappa shape index (κ3) is 2.82. The number of hydrogen-bond donors (Lipinski definition) is 1. The van der Waals surface area contributed by atoms with E-state index >= 15 is 0 Å². The smallest absolute Gasteiger partial charge is 0.124 e. The first-order chi connectivity index (χ1) is 9.13. The van der Waals surface area contributed by atoms with Gasteiger partial charge < -0.3 is 10.5 Å². The topological polar surface area (TPSA) is 35.2 Å². The Labute approximate surface area is 123 Å². The summed E-state index contributed by atoms with van der Waals surface area (Å²) in [5, 5.41) is 0. The van der Waals surface area contributed by atoms with Gasteiger partial charge in [-0.15, -0.1) is 0 Å². The Morgan fingerprint density at radius 3 is 2.68 bits per heavy atom. The molecular weight excluding hydrogens is 302 g/mol. The molecule has 19 heavy (non-hydrogen) atoms. The second kappa shape index (κ2) is 5.45. The van der Waals surface area contributed by atoms with Crippen molar-refractivity contribution in [2.75, 3.05) is 0 Å². The second-order valence-corrected chi connectivity index (χ2v) is 7.12. The first-order valence-electron chi connectivity index (χ1n) is 7.35. The average molecular weight is 324 g/mol. The molecular formula is C16H22BrNO. The van der Waals surface area contributed by atoms with Crippen molar-refractivity contribution < 1.29 is 4.74 Å². The van der Waals surface area contributed by atoms with Gasteiger partial charge in [-0.05, 0) is 42.9 Å². The van der Waals surface area contributed by atoms with E-state index in [0.29, 0.717) is 12.0 Å². The molecule has 1 unspecified atom stereocenters. The molecule has 1 aliphatic heterocycles. The fourth-order valence-electron chi connectivity index (χ4n) is 3.45. The Kier molecular flexibility index (Phi) is 3.86. The first-order valence-corrected chi connectivity index (χ1v) is 8.14. The van der Waals surface area contributed by atoms with E-state index in [1.165, 1.54) is 25.7 Å². The summed E-state index contributed by atoms with van der Waals surface area (Å²) in [7, 11) is 0. The Morgan fingerprint density at radius 1 is 1.21 bits per heavy atom. The van der Waals surface area contributed by atoms with E-state index in [1.807, 2.05) is 6.07 Å². The van der Waals surface area contributed by atoms with E-state index in [2.05, 4.69) is 35.0 Å². The van der Waals surface area contributed by atoms with Crippen LogP contribution in [0.2, 0.25) is 0 Å². The molecule has 2 atom stereocenters. The minimum atomic E-state index is 0.116. The van der Waals surface area contributed by atoms with Gasteiger partial charge in [0, 0.05) is 22.5 Å². The normalized spacial score (nSPS) is 34.5. The lowest BCUT2D eigenvalue weighted by Gasteiger charge is -2.38. The van der Waals surface area contributed by atoms with Crippen LogP contribution >= 0.6 is 15.9 Å². The quantitative estimate of drug-likeness (QED) is 0.829. The van der Waals surface area contributed by atoms with Crippen LogP contribution in [-0.2, 0) is 0 Å². The van der Waals surface area contributed by atoms with Crippen LogP contribution in [0, 0.1) is 11.8 Å². The van der Waals surface area contributed by atoms with Gasteiger partial charge in [0.25, 0.3) is 0 Å². The summed E-state index contributed by atoms with van der Waals surface area (Å²) in [6.07, 6.45) is 6.55. The van der Waals surface area contributed by atoms with E-state index in [1.54, 1.807) is 0 Å². The molecule has 0 aromatic heterocycles. The fourth-order valence-corrected chi connectivity index (χ4v) is 3.83. The van der Waals surface area contributed by atoms with Crippen LogP contribution in [0.25, 0.3) is 0 Å². The Hall–Kier alpha value is -0.540. The predicted octanol–water partition coefficient (Wildman–Crippen LogP) is 4.43. The second-order valence-electron chi connectivity index (χ2n) is 6.20. The van der Waals surface area contributed by atoms with Gasteiger partial charge in [-0.25, -0.2) is 0 Å². The molecule has 104 valence electrons. The van der Waals surface area contributed by atoms with Crippen molar-refractivity contribution >= 4 is 15.9 Å². The van der Waals surface area contributed by atoms with Crippen molar-refractivity contribution in [1.29, 1.82) is 0 Å². The van der Waals surface area contributed by atoms with E-state index in [4.69, 9.17) is 10.5 Å². The molecule has 1 saturated carbocycles. The molecule has 0 saturated heterocycles. The van der Waals surface area contributed by atoms with E-state index < -0.39 is 0 Å². The average Bonchev–Trinajstić information content (AvgIpc) is 2.40. The van der Waals surface area contributed by atoms with Gasteiger partial charge in [-0.1, -0.05) is 35.7 Å². The predicted molar refractivity (Wildman–Crippen MR) is 81.2 cm³/mol. The van der Waals surface area contributed by atoms with Gasteiger partial charge in [0.15, 0.2) is 0 Å². The minimum absolute atomic E-state index is 0.116. The number of nitrogens with two attached hydrogens (primary N) is 1. The maximum atomic E-state index is 6.34. The highest BCUT2D eigenvalue weighted by Gasteiger charge is 2.33. The van der Waals surface area contributed by atoms with Crippen molar-refractivity contribution in [3.05, 3.63) is 28.2 Å². The highest BCUT2D eigenvalue weighted by Crippen LogP contribution is 2.41. The molecule has 0 radical (unpaired) electrons. The summed E-state index contributed by atoms with van der Waals surface area (Å²) in [4.78, 5) is 0. The summed E-state index contributed by atoms with van der Waals surface area (Å²) in [5.41, 5.74) is 7.49. The van der Waals surface area contributed by atoms with Crippen molar-refractivity contribution in [3.63, 3.8) is 0 Å². The summed E-state index contributed by atoms with van der Waals surface area (Å²) in [5.74, 6) is 2.57. The third-order valence-corrected chi connectivity index (χ3v) is 5.22. The molecule has 2 nitrogen and oxygen atoms in total. The molecule has 1 aromatic rings. The number of halogens is 1. The number of rotatable bonds is 1. The Bertz CT molecular complexity index is 454.